The fourth-order valence-corrected chi connectivity index (χ4v) is 0. The van der Waals surface area contributed by atoms with Gasteiger partial charge in [-0.1, -0.05) is 0 Å². The molecule has 0 aliphatic heterocycles. The molecule has 0 aromatic heterocycles. The Morgan fingerprint density at radius 2 is 2.20 bits per heavy atom. The van der Waals surface area contributed by atoms with Crippen LogP contribution < -0.4 is 0 Å². The molecule has 0 heterocycles. The average molecular weight is 142 g/mol. The monoisotopic (exact) mass is 141 g/mol. The van der Waals surface area contributed by atoms with E-state index in [1.165, 1.54) is 0 Å². The van der Waals surface area contributed by atoms with Crippen LogP contribution in [0.15, 0.2) is 5.18 Å². The van der Waals surface area contributed by atoms with E-state index in [0.717, 1.165) is 0 Å². The van der Waals surface area contributed by atoms with Gasteiger partial charge in [0.1, 0.15) is 0 Å². The standard InChI is InChI=1S/CHBrFNO/c2-1(3)4-5/h1H. The lowest BCUT2D eigenvalue weighted by atomic mass is 11.5. The van der Waals surface area contributed by atoms with Crippen LogP contribution in [0.4, 0.5) is 4.39 Å². The van der Waals surface area contributed by atoms with Crippen LogP contribution in [-0.4, -0.2) is 5.20 Å². The SMILES string of the molecule is O=NC(F)Br. The Balaban J connectivity index is 2.83. The molecule has 0 rings (SSSR count). The van der Waals surface area contributed by atoms with Crippen molar-refractivity contribution in [2.75, 3.05) is 0 Å². The highest BCUT2D eigenvalue weighted by Gasteiger charge is 1.89. The number of hydrogen-bond acceptors (Lipinski definition) is 2. The summed E-state index contributed by atoms with van der Waals surface area (Å²) in [4.78, 5) is 8.83. The summed E-state index contributed by atoms with van der Waals surface area (Å²) in [6, 6.07) is 0. The van der Waals surface area contributed by atoms with Crippen LogP contribution in [0.1, 0.15) is 0 Å². The van der Waals surface area contributed by atoms with Gasteiger partial charge in [-0.2, -0.15) is 0 Å². The maximum atomic E-state index is 10.9. The Hall–Kier alpha value is 0.01000. The smallest absolute Gasteiger partial charge is 0.205 e. The van der Waals surface area contributed by atoms with Crippen molar-refractivity contribution >= 4 is 15.9 Å². The highest BCUT2D eigenvalue weighted by molar-refractivity contribution is 9.09. The van der Waals surface area contributed by atoms with Crippen LogP contribution in [0.25, 0.3) is 0 Å². The molecule has 1 atom stereocenters. The maximum Gasteiger partial charge on any atom is 0.284 e. The van der Waals surface area contributed by atoms with E-state index in [1.807, 2.05) is 5.18 Å². The molecule has 5 heavy (non-hydrogen) atoms. The first-order valence-corrected chi connectivity index (χ1v) is 1.79. The van der Waals surface area contributed by atoms with E-state index in [1.54, 1.807) is 0 Å². The molecule has 0 amide bonds. The lowest BCUT2D eigenvalue weighted by molar-refractivity contribution is 0.475. The minimum absolute atomic E-state index is 1.73. The predicted octanol–water partition coefficient (Wildman–Crippen LogP) is 1.40. The van der Waals surface area contributed by atoms with Gasteiger partial charge < -0.3 is 0 Å². The number of halogens is 2. The second-order valence-corrected chi connectivity index (χ2v) is 1.14. The Bertz CT molecular complexity index is 38.6. The number of nitroso groups, excluding NO2 is 1. The van der Waals surface area contributed by atoms with Crippen LogP contribution in [-0.2, 0) is 0 Å². The number of rotatable bonds is 1. The lowest BCUT2D eigenvalue weighted by Gasteiger charge is -1.71. The molecular formula is CHBrFNO. The summed E-state index contributed by atoms with van der Waals surface area (Å²) in [5.41, 5.74) is 0. The van der Waals surface area contributed by atoms with Gasteiger partial charge in [0.25, 0.3) is 5.20 Å². The van der Waals surface area contributed by atoms with E-state index >= 15 is 0 Å². The van der Waals surface area contributed by atoms with Crippen molar-refractivity contribution in [2.45, 2.75) is 5.20 Å². The summed E-state index contributed by atoms with van der Waals surface area (Å²) in [6.45, 7) is 0. The molecule has 0 radical (unpaired) electrons. The van der Waals surface area contributed by atoms with E-state index in [9.17, 15) is 4.39 Å². The maximum absolute atomic E-state index is 10.9. The molecular weight excluding hydrogens is 141 g/mol. The van der Waals surface area contributed by atoms with Crippen LogP contribution in [0.3, 0.4) is 0 Å². The molecule has 0 saturated carbocycles. The predicted molar refractivity (Wildman–Crippen MR) is 19.6 cm³/mol. The van der Waals surface area contributed by atoms with Crippen LogP contribution in [0.5, 0.6) is 0 Å². The zero-order valence-electron chi connectivity index (χ0n) is 2.19. The fraction of sp³-hybridized carbons (Fsp3) is 1.00. The van der Waals surface area contributed by atoms with Gasteiger partial charge in [0, 0.05) is 0 Å². The third kappa shape index (κ3) is 4.01. The minimum atomic E-state index is -1.73. The van der Waals surface area contributed by atoms with Crippen LogP contribution >= 0.6 is 15.9 Å². The molecule has 2 nitrogen and oxygen atoms in total. The van der Waals surface area contributed by atoms with Gasteiger partial charge in [0.05, 0.1) is 0 Å². The number of alkyl halides is 2. The Morgan fingerprint density at radius 3 is 2.20 bits per heavy atom. The van der Waals surface area contributed by atoms with E-state index in [0.29, 0.717) is 0 Å². The van der Waals surface area contributed by atoms with Crippen molar-refractivity contribution in [1.82, 2.24) is 0 Å². The molecule has 1 unspecified atom stereocenters. The quantitative estimate of drug-likeness (QED) is 0.309. The fourth-order valence-electron chi connectivity index (χ4n) is 0. The zero-order chi connectivity index (χ0) is 4.28. The minimum Gasteiger partial charge on any atom is -0.205 e. The largest absolute Gasteiger partial charge is 0.284 e. The molecule has 30 valence electrons. The van der Waals surface area contributed by atoms with E-state index in [2.05, 4.69) is 15.9 Å². The second-order valence-electron chi connectivity index (χ2n) is 0.383. The molecule has 0 N–H and O–H groups in total. The number of hydrogen-bond donors (Lipinski definition) is 0. The van der Waals surface area contributed by atoms with E-state index in [-0.39, 0.29) is 0 Å². The normalized spacial score (nSPS) is 14.0. The summed E-state index contributed by atoms with van der Waals surface area (Å²) in [6.07, 6.45) is 0. The first-order chi connectivity index (χ1) is 2.27. The molecule has 0 bridgehead atoms. The topological polar surface area (TPSA) is 29.4 Å². The molecule has 0 saturated heterocycles. The lowest BCUT2D eigenvalue weighted by Crippen LogP contribution is -1.70. The van der Waals surface area contributed by atoms with Crippen molar-refractivity contribution < 1.29 is 4.39 Å². The Labute approximate surface area is 36.5 Å². The zero-order valence-corrected chi connectivity index (χ0v) is 3.77. The average Bonchev–Trinajstić information content (AvgIpc) is 1.38. The van der Waals surface area contributed by atoms with Crippen molar-refractivity contribution in [2.24, 2.45) is 5.18 Å². The molecule has 0 aliphatic rings. The summed E-state index contributed by atoms with van der Waals surface area (Å²) >= 11 is 2.23. The van der Waals surface area contributed by atoms with Crippen LogP contribution in [0, 0.1) is 4.91 Å². The van der Waals surface area contributed by atoms with E-state index < -0.39 is 5.20 Å². The van der Waals surface area contributed by atoms with Gasteiger partial charge in [-0.15, -0.1) is 4.91 Å². The molecule has 0 fully saturated rings. The van der Waals surface area contributed by atoms with Gasteiger partial charge in [-0.05, 0) is 21.1 Å². The molecule has 0 aromatic rings. The second kappa shape index (κ2) is 2.26. The highest BCUT2D eigenvalue weighted by atomic mass is 79.9. The first kappa shape index (κ1) is 5.01. The number of nitrogens with zero attached hydrogens (tertiary/aromatic N) is 1. The van der Waals surface area contributed by atoms with E-state index in [4.69, 9.17) is 4.91 Å². The Kier molecular flexibility index (Phi) is 2.26. The van der Waals surface area contributed by atoms with Crippen molar-refractivity contribution in [1.29, 1.82) is 0 Å². The summed E-state index contributed by atoms with van der Waals surface area (Å²) in [7, 11) is 0. The van der Waals surface area contributed by atoms with Crippen molar-refractivity contribution in [3.8, 4) is 0 Å². The van der Waals surface area contributed by atoms with Gasteiger partial charge in [-0.25, -0.2) is 4.39 Å². The van der Waals surface area contributed by atoms with Gasteiger partial charge >= 0.3 is 0 Å². The van der Waals surface area contributed by atoms with Gasteiger partial charge in [0.15, 0.2) is 0 Å². The summed E-state index contributed by atoms with van der Waals surface area (Å²) in [5.74, 6) is 0. The van der Waals surface area contributed by atoms with Gasteiger partial charge in [-0.3, -0.25) is 0 Å². The molecule has 0 spiro atoms. The van der Waals surface area contributed by atoms with Crippen LogP contribution in [0.2, 0.25) is 0 Å². The van der Waals surface area contributed by atoms with Crippen molar-refractivity contribution in [3.63, 3.8) is 0 Å². The molecule has 0 aliphatic carbocycles. The third-order valence-corrected chi connectivity index (χ3v) is 0.247. The first-order valence-electron chi connectivity index (χ1n) is 0.877. The summed E-state index contributed by atoms with van der Waals surface area (Å²) in [5, 5.41) is 0.155. The molecule has 0 aromatic carbocycles. The molecule has 4 heteroatoms. The third-order valence-electron chi connectivity index (χ3n) is 0.0797. The Morgan fingerprint density at radius 1 is 2.00 bits per heavy atom. The summed E-state index contributed by atoms with van der Waals surface area (Å²) < 4.78 is 10.9. The van der Waals surface area contributed by atoms with Crippen molar-refractivity contribution in [3.05, 3.63) is 4.91 Å². The highest BCUT2D eigenvalue weighted by Crippen LogP contribution is 1.98. The van der Waals surface area contributed by atoms with Gasteiger partial charge in [0.2, 0.25) is 0 Å².